The predicted octanol–water partition coefficient (Wildman–Crippen LogP) is 11.5. The smallest absolute Gasteiger partial charge is 0.142 e. The van der Waals surface area contributed by atoms with Gasteiger partial charge in [-0.15, -0.1) is 0 Å². The lowest BCUT2D eigenvalue weighted by molar-refractivity contribution is -0.0213. The molecule has 4 fully saturated rings. The number of rotatable bonds is 5. The highest BCUT2D eigenvalue weighted by atomic mass is 16.5. The molecular formula is C44H57NO. The van der Waals surface area contributed by atoms with Crippen molar-refractivity contribution in [1.82, 2.24) is 4.90 Å². The minimum atomic E-state index is 0.185. The van der Waals surface area contributed by atoms with Gasteiger partial charge in [0.05, 0.1) is 5.70 Å². The molecule has 1 saturated heterocycles. The lowest BCUT2D eigenvalue weighted by Gasteiger charge is -2.56. The van der Waals surface area contributed by atoms with Crippen LogP contribution in [0, 0.1) is 29.1 Å². The fourth-order valence-corrected chi connectivity index (χ4v) is 12.9. The first-order valence-corrected chi connectivity index (χ1v) is 19.7. The van der Waals surface area contributed by atoms with Crippen molar-refractivity contribution in [2.75, 3.05) is 0 Å². The Morgan fingerprint density at radius 1 is 0.783 bits per heavy atom. The minimum absolute atomic E-state index is 0.185. The molecule has 3 saturated carbocycles. The Kier molecular flexibility index (Phi) is 7.66. The van der Waals surface area contributed by atoms with E-state index >= 15 is 0 Å². The van der Waals surface area contributed by atoms with Crippen LogP contribution in [0.4, 0.5) is 0 Å². The molecule has 0 bridgehead atoms. The van der Waals surface area contributed by atoms with E-state index in [1.54, 1.807) is 28.1 Å². The lowest BCUT2D eigenvalue weighted by atomic mass is 9.47. The number of allylic oxidation sites excluding steroid dienone is 9. The zero-order chi connectivity index (χ0) is 30.7. The molecule has 1 aromatic carbocycles. The summed E-state index contributed by atoms with van der Waals surface area (Å²) in [6, 6.07) is 12.7. The lowest BCUT2D eigenvalue weighted by Crippen LogP contribution is -2.54. The Bertz CT molecular complexity index is 1470. The fraction of sp³-hybridized carbons (Fsp3) is 0.636. The summed E-state index contributed by atoms with van der Waals surface area (Å²) in [6.45, 7) is 2.72. The third-order valence-corrected chi connectivity index (χ3v) is 14.6. The first-order chi connectivity index (χ1) is 22.7. The SMILES string of the molecule is CC12CCC=CC1C1=CCCCC1C2(c1ccccc1)C1CCC2C3=CCCC(N(C4=CCCCC4)C4CCCCC4)=C3OC2C1. The highest BCUT2D eigenvalue weighted by Crippen LogP contribution is 2.72. The van der Waals surface area contributed by atoms with Gasteiger partial charge in [-0.1, -0.05) is 92.5 Å². The standard InChI is InChI=1S/C44H57NO/c1-43-29-14-13-24-38(43)37-22-11-12-25-39(37)44(43,31-16-5-2-6-17-31)32-27-28-35-36-23-15-26-40(42(36)46-41(35)30-32)45(33-18-7-3-8-19-33)34-20-9-4-10-21-34/h2,5-6,13,16-18,22-24,32,34-35,38-39,41H,3-4,7-12,14-15,19-21,25-30H2,1H3. The molecule has 0 N–H and O–H groups in total. The van der Waals surface area contributed by atoms with Crippen LogP contribution in [0.25, 0.3) is 0 Å². The van der Waals surface area contributed by atoms with Crippen LogP contribution in [0.3, 0.4) is 0 Å². The molecular weight excluding hydrogens is 558 g/mol. The van der Waals surface area contributed by atoms with Gasteiger partial charge in [0.2, 0.25) is 0 Å². The van der Waals surface area contributed by atoms with Crippen molar-refractivity contribution in [2.45, 2.75) is 146 Å². The Balaban J connectivity index is 1.11. The van der Waals surface area contributed by atoms with Gasteiger partial charge in [-0.2, -0.15) is 0 Å². The molecule has 7 aliphatic carbocycles. The first-order valence-electron chi connectivity index (χ1n) is 19.7. The van der Waals surface area contributed by atoms with Crippen LogP contribution < -0.4 is 0 Å². The van der Waals surface area contributed by atoms with Crippen molar-refractivity contribution in [1.29, 1.82) is 0 Å². The third kappa shape index (κ3) is 4.40. The monoisotopic (exact) mass is 615 g/mol. The second-order valence-corrected chi connectivity index (χ2v) is 16.6. The molecule has 46 heavy (non-hydrogen) atoms. The second-order valence-electron chi connectivity index (χ2n) is 16.6. The molecule has 1 heterocycles. The van der Waals surface area contributed by atoms with Crippen molar-refractivity contribution in [3.05, 3.63) is 94.6 Å². The summed E-state index contributed by atoms with van der Waals surface area (Å²) in [7, 11) is 0. The molecule has 0 spiro atoms. The first kappa shape index (κ1) is 29.6. The molecule has 7 atom stereocenters. The quantitative estimate of drug-likeness (QED) is 0.306. The van der Waals surface area contributed by atoms with Crippen molar-refractivity contribution in [2.24, 2.45) is 29.1 Å². The second kappa shape index (κ2) is 11.9. The third-order valence-electron chi connectivity index (χ3n) is 14.6. The van der Waals surface area contributed by atoms with E-state index in [1.807, 2.05) is 0 Å². The van der Waals surface area contributed by atoms with Crippen LogP contribution in [-0.2, 0) is 10.2 Å². The molecule has 1 aromatic rings. The summed E-state index contributed by atoms with van der Waals surface area (Å²) in [5, 5.41) is 0. The number of nitrogens with zero attached hydrogens (tertiary/aromatic N) is 1. The van der Waals surface area contributed by atoms with Gasteiger partial charge in [-0.25, -0.2) is 0 Å². The van der Waals surface area contributed by atoms with Crippen molar-refractivity contribution < 1.29 is 4.74 Å². The largest absolute Gasteiger partial charge is 0.488 e. The molecule has 2 nitrogen and oxygen atoms in total. The van der Waals surface area contributed by atoms with E-state index in [1.165, 1.54) is 121 Å². The number of fused-ring (bicyclic) bond motifs is 6. The van der Waals surface area contributed by atoms with Crippen molar-refractivity contribution in [3.8, 4) is 0 Å². The molecule has 7 unspecified atom stereocenters. The van der Waals surface area contributed by atoms with E-state index < -0.39 is 0 Å². The Hall–Kier alpha value is -2.48. The summed E-state index contributed by atoms with van der Waals surface area (Å²) in [5.74, 6) is 3.84. The highest BCUT2D eigenvalue weighted by Gasteiger charge is 2.68. The number of ether oxygens (including phenoxy) is 1. The van der Waals surface area contributed by atoms with E-state index in [0.717, 1.165) is 6.42 Å². The van der Waals surface area contributed by atoms with Crippen molar-refractivity contribution >= 4 is 0 Å². The number of hydrogen-bond donors (Lipinski definition) is 0. The normalized spacial score (nSPS) is 38.9. The zero-order valence-electron chi connectivity index (χ0n) is 28.5. The average Bonchev–Trinajstić information content (AvgIpc) is 3.60. The van der Waals surface area contributed by atoms with Crippen LogP contribution in [0.5, 0.6) is 0 Å². The van der Waals surface area contributed by atoms with Gasteiger partial charge < -0.3 is 9.64 Å². The summed E-state index contributed by atoms with van der Waals surface area (Å²) in [5.41, 5.74) is 8.70. The zero-order valence-corrected chi connectivity index (χ0v) is 28.5. The van der Waals surface area contributed by atoms with Gasteiger partial charge >= 0.3 is 0 Å². The van der Waals surface area contributed by atoms with E-state index in [0.29, 0.717) is 35.8 Å². The maximum atomic E-state index is 7.43. The minimum Gasteiger partial charge on any atom is -0.488 e. The van der Waals surface area contributed by atoms with Gasteiger partial charge in [0.25, 0.3) is 0 Å². The maximum Gasteiger partial charge on any atom is 0.142 e. The van der Waals surface area contributed by atoms with Crippen LogP contribution in [0.2, 0.25) is 0 Å². The summed E-state index contributed by atoms with van der Waals surface area (Å²) in [4.78, 5) is 2.89. The molecule has 244 valence electrons. The van der Waals surface area contributed by atoms with Crippen LogP contribution >= 0.6 is 0 Å². The van der Waals surface area contributed by atoms with Crippen LogP contribution in [0.1, 0.15) is 134 Å². The Morgan fingerprint density at radius 2 is 1.65 bits per heavy atom. The highest BCUT2D eigenvalue weighted by molar-refractivity contribution is 5.47. The molecule has 9 rings (SSSR count). The fourth-order valence-electron chi connectivity index (χ4n) is 12.9. The van der Waals surface area contributed by atoms with E-state index in [-0.39, 0.29) is 10.8 Å². The van der Waals surface area contributed by atoms with Crippen LogP contribution in [0.15, 0.2) is 89.0 Å². The molecule has 0 radical (unpaired) electrons. The van der Waals surface area contributed by atoms with E-state index in [2.05, 4.69) is 72.5 Å². The van der Waals surface area contributed by atoms with Gasteiger partial charge in [-0.3, -0.25) is 0 Å². The van der Waals surface area contributed by atoms with Gasteiger partial charge in [0.15, 0.2) is 0 Å². The Morgan fingerprint density at radius 3 is 2.50 bits per heavy atom. The molecule has 0 aromatic heterocycles. The van der Waals surface area contributed by atoms with E-state index in [4.69, 9.17) is 4.74 Å². The number of hydrogen-bond acceptors (Lipinski definition) is 2. The Labute approximate surface area is 279 Å². The van der Waals surface area contributed by atoms with Crippen molar-refractivity contribution in [3.63, 3.8) is 0 Å². The summed E-state index contributed by atoms with van der Waals surface area (Å²) < 4.78 is 7.43. The molecule has 0 amide bonds. The number of benzene rings is 1. The molecule has 2 heteroatoms. The average molecular weight is 616 g/mol. The summed E-state index contributed by atoms with van der Waals surface area (Å²) >= 11 is 0. The van der Waals surface area contributed by atoms with Gasteiger partial charge in [0.1, 0.15) is 11.9 Å². The van der Waals surface area contributed by atoms with Gasteiger partial charge in [0, 0.05) is 29.0 Å². The van der Waals surface area contributed by atoms with Gasteiger partial charge in [-0.05, 0) is 131 Å². The summed E-state index contributed by atoms with van der Waals surface area (Å²) in [6.07, 6.45) is 38.3. The maximum absolute atomic E-state index is 7.43. The molecule has 1 aliphatic heterocycles. The molecule has 8 aliphatic rings. The van der Waals surface area contributed by atoms with E-state index in [9.17, 15) is 0 Å². The predicted molar refractivity (Wildman–Crippen MR) is 189 cm³/mol. The topological polar surface area (TPSA) is 12.5 Å². The van der Waals surface area contributed by atoms with Crippen LogP contribution in [-0.4, -0.2) is 17.0 Å².